The second kappa shape index (κ2) is 10.1. The molecule has 0 fully saturated rings. The van der Waals surface area contributed by atoms with Crippen LogP contribution in [0.4, 0.5) is 11.8 Å². The van der Waals surface area contributed by atoms with Gasteiger partial charge < -0.3 is 10.2 Å². The van der Waals surface area contributed by atoms with Crippen LogP contribution < -0.4 is 10.2 Å². The minimum Gasteiger partial charge on any atom is -0.352 e. The van der Waals surface area contributed by atoms with Crippen LogP contribution in [-0.4, -0.2) is 16.5 Å². The van der Waals surface area contributed by atoms with Crippen molar-refractivity contribution in [2.75, 3.05) is 16.8 Å². The van der Waals surface area contributed by atoms with E-state index in [0.29, 0.717) is 12.5 Å². The van der Waals surface area contributed by atoms with Gasteiger partial charge in [0, 0.05) is 25.8 Å². The first-order chi connectivity index (χ1) is 15.6. The van der Waals surface area contributed by atoms with E-state index in [9.17, 15) is 0 Å². The number of hydrogen-bond acceptors (Lipinski definition) is 4. The van der Waals surface area contributed by atoms with Gasteiger partial charge >= 0.3 is 0 Å². The van der Waals surface area contributed by atoms with Crippen molar-refractivity contribution in [2.45, 2.75) is 33.4 Å². The number of hydrogen-bond donors (Lipinski definition) is 1. The zero-order valence-corrected chi connectivity index (χ0v) is 18.9. The minimum absolute atomic E-state index is 0.655. The monoisotopic (exact) mass is 422 g/mol. The topological polar surface area (TPSA) is 41.1 Å². The van der Waals surface area contributed by atoms with Crippen LogP contribution in [0.15, 0.2) is 91.2 Å². The van der Waals surface area contributed by atoms with E-state index >= 15 is 0 Å². The molecule has 2 aromatic carbocycles. The molecule has 1 N–H and O–H groups in total. The van der Waals surface area contributed by atoms with Crippen molar-refractivity contribution in [3.8, 4) is 0 Å². The Labute approximate surface area is 191 Å². The first-order valence-electron chi connectivity index (χ1n) is 11.1. The van der Waals surface area contributed by atoms with Crippen LogP contribution in [0.3, 0.4) is 0 Å². The van der Waals surface area contributed by atoms with Gasteiger partial charge in [-0.2, -0.15) is 4.98 Å². The molecule has 0 saturated heterocycles. The lowest BCUT2D eigenvalue weighted by atomic mass is 10.00. The Bertz CT molecular complexity index is 1140. The number of rotatable bonds is 7. The maximum absolute atomic E-state index is 4.76. The van der Waals surface area contributed by atoms with Gasteiger partial charge in [-0.1, -0.05) is 78.9 Å². The summed E-state index contributed by atoms with van der Waals surface area (Å²) in [6.07, 6.45) is 9.14. The maximum Gasteiger partial charge on any atom is 0.224 e. The van der Waals surface area contributed by atoms with Gasteiger partial charge in [-0.15, -0.1) is 0 Å². The Morgan fingerprint density at radius 2 is 1.88 bits per heavy atom. The van der Waals surface area contributed by atoms with Gasteiger partial charge in [-0.05, 0) is 54.2 Å². The van der Waals surface area contributed by atoms with Crippen molar-refractivity contribution in [1.82, 2.24) is 9.97 Å². The van der Waals surface area contributed by atoms with Crippen molar-refractivity contribution in [1.29, 1.82) is 0 Å². The van der Waals surface area contributed by atoms with Gasteiger partial charge in [0.25, 0.3) is 0 Å². The molecule has 0 amide bonds. The zero-order chi connectivity index (χ0) is 22.3. The predicted molar refractivity (Wildman–Crippen MR) is 135 cm³/mol. The van der Waals surface area contributed by atoms with E-state index in [1.807, 2.05) is 26.1 Å². The molecule has 0 spiro atoms. The molecule has 32 heavy (non-hydrogen) atoms. The predicted octanol–water partition coefficient (Wildman–Crippen LogP) is 6.19. The molecule has 3 aromatic rings. The third kappa shape index (κ3) is 5.33. The molecule has 0 saturated carbocycles. The molecule has 0 atom stereocenters. The number of fused-ring (bicyclic) bond motifs is 1. The fraction of sp³-hybridized carbons (Fsp3) is 0.214. The molecule has 4 rings (SSSR count). The van der Waals surface area contributed by atoms with Crippen molar-refractivity contribution in [3.05, 3.63) is 113 Å². The third-order valence-corrected chi connectivity index (χ3v) is 5.58. The lowest BCUT2D eigenvalue weighted by Gasteiger charge is -2.29. The van der Waals surface area contributed by atoms with Gasteiger partial charge in [-0.3, -0.25) is 0 Å². The summed E-state index contributed by atoms with van der Waals surface area (Å²) in [4.78, 5) is 11.5. The van der Waals surface area contributed by atoms with Gasteiger partial charge in [-0.25, -0.2) is 4.98 Å². The normalized spacial score (nSPS) is 13.8. The van der Waals surface area contributed by atoms with E-state index in [4.69, 9.17) is 4.98 Å². The summed E-state index contributed by atoms with van der Waals surface area (Å²) < 4.78 is 0. The molecule has 4 heteroatoms. The van der Waals surface area contributed by atoms with Crippen molar-refractivity contribution < 1.29 is 0 Å². The van der Waals surface area contributed by atoms with E-state index in [-0.39, 0.29) is 0 Å². The highest BCUT2D eigenvalue weighted by Crippen LogP contribution is 2.23. The molecular weight excluding hydrogens is 392 g/mol. The van der Waals surface area contributed by atoms with E-state index in [0.717, 1.165) is 30.9 Å². The molecule has 1 aromatic heterocycles. The lowest BCUT2D eigenvalue weighted by Crippen LogP contribution is -2.31. The van der Waals surface area contributed by atoms with E-state index in [1.54, 1.807) is 0 Å². The van der Waals surface area contributed by atoms with Crippen LogP contribution in [0.5, 0.6) is 0 Å². The summed E-state index contributed by atoms with van der Waals surface area (Å²) in [6, 6.07) is 19.2. The Kier molecular flexibility index (Phi) is 6.81. The molecule has 1 aliphatic rings. The Balaban J connectivity index is 1.41. The summed E-state index contributed by atoms with van der Waals surface area (Å²) in [6.45, 7) is 10.6. The van der Waals surface area contributed by atoms with E-state index in [1.165, 1.54) is 27.8 Å². The number of benzene rings is 2. The van der Waals surface area contributed by atoms with E-state index in [2.05, 4.69) is 88.5 Å². The summed E-state index contributed by atoms with van der Waals surface area (Å²) in [5, 5.41) is 3.37. The average molecular weight is 423 g/mol. The van der Waals surface area contributed by atoms with Gasteiger partial charge in [0.1, 0.15) is 5.82 Å². The van der Waals surface area contributed by atoms with Crippen LogP contribution in [0.1, 0.15) is 36.1 Å². The molecule has 0 aliphatic carbocycles. The Hall–Kier alpha value is -3.66. The summed E-state index contributed by atoms with van der Waals surface area (Å²) >= 11 is 0. The standard InChI is InChI=1S/C28H30N4/c1-4-7-25(18-21(2)3)24-12-10-22(11-13-24)19-30-28-29-16-14-27(31-28)32-17-15-23-8-5-6-9-26(23)20-32/h4-14,16,18H,2,15,17,19-20H2,1,3H3,(H,29,30,31)/b7-4-,25-18+. The van der Waals surface area contributed by atoms with Crippen LogP contribution in [0, 0.1) is 0 Å². The smallest absolute Gasteiger partial charge is 0.224 e. The second-order valence-electron chi connectivity index (χ2n) is 8.18. The molecule has 4 nitrogen and oxygen atoms in total. The number of aromatic nitrogens is 2. The van der Waals surface area contributed by atoms with E-state index < -0.39 is 0 Å². The number of nitrogens with one attached hydrogen (secondary N) is 1. The zero-order valence-electron chi connectivity index (χ0n) is 18.9. The highest BCUT2D eigenvalue weighted by molar-refractivity contribution is 5.75. The molecule has 0 radical (unpaired) electrons. The fourth-order valence-electron chi connectivity index (χ4n) is 3.97. The Morgan fingerprint density at radius 3 is 2.62 bits per heavy atom. The van der Waals surface area contributed by atoms with Crippen molar-refractivity contribution >= 4 is 17.3 Å². The SMILES string of the molecule is C=C(C)/C=C(\C=C/C)c1ccc(CNc2nccc(N3CCc4ccccc4C3)n2)cc1. The van der Waals surface area contributed by atoms with Crippen LogP contribution in [0.25, 0.3) is 5.57 Å². The maximum atomic E-state index is 4.76. The first kappa shape index (κ1) is 21.6. The molecule has 0 unspecified atom stereocenters. The molecule has 0 bridgehead atoms. The Morgan fingerprint density at radius 1 is 1.09 bits per heavy atom. The average Bonchev–Trinajstić information content (AvgIpc) is 2.82. The molecule has 1 aliphatic heterocycles. The number of nitrogens with zero attached hydrogens (tertiary/aromatic N) is 3. The number of allylic oxidation sites excluding steroid dienone is 5. The van der Waals surface area contributed by atoms with Crippen molar-refractivity contribution in [2.24, 2.45) is 0 Å². The quantitative estimate of drug-likeness (QED) is 0.461. The first-order valence-corrected chi connectivity index (χ1v) is 11.1. The third-order valence-electron chi connectivity index (χ3n) is 5.58. The van der Waals surface area contributed by atoms with Crippen molar-refractivity contribution in [3.63, 3.8) is 0 Å². The lowest BCUT2D eigenvalue weighted by molar-refractivity contribution is 0.719. The highest BCUT2D eigenvalue weighted by atomic mass is 15.2. The molecule has 2 heterocycles. The second-order valence-corrected chi connectivity index (χ2v) is 8.18. The summed E-state index contributed by atoms with van der Waals surface area (Å²) in [7, 11) is 0. The minimum atomic E-state index is 0.655. The largest absolute Gasteiger partial charge is 0.352 e. The summed E-state index contributed by atoms with van der Waals surface area (Å²) in [5.41, 5.74) is 7.39. The van der Waals surface area contributed by atoms with Crippen LogP contribution in [-0.2, 0) is 19.5 Å². The van der Waals surface area contributed by atoms with Gasteiger partial charge in [0.2, 0.25) is 5.95 Å². The molecule has 162 valence electrons. The van der Waals surface area contributed by atoms with Crippen LogP contribution in [0.2, 0.25) is 0 Å². The molecular formula is C28H30N4. The van der Waals surface area contributed by atoms with Gasteiger partial charge in [0.05, 0.1) is 0 Å². The highest BCUT2D eigenvalue weighted by Gasteiger charge is 2.17. The number of anilines is 2. The van der Waals surface area contributed by atoms with Crippen LogP contribution >= 0.6 is 0 Å². The summed E-state index contributed by atoms with van der Waals surface area (Å²) in [5.74, 6) is 1.62. The fourth-order valence-corrected chi connectivity index (χ4v) is 3.97. The van der Waals surface area contributed by atoms with Gasteiger partial charge in [0.15, 0.2) is 0 Å².